The van der Waals surface area contributed by atoms with Crippen molar-refractivity contribution >= 4 is 5.78 Å². The van der Waals surface area contributed by atoms with Crippen molar-refractivity contribution in [3.8, 4) is 0 Å². The van der Waals surface area contributed by atoms with Crippen molar-refractivity contribution in [1.82, 2.24) is 0 Å². The van der Waals surface area contributed by atoms with Gasteiger partial charge in [-0.1, -0.05) is 19.1 Å². The van der Waals surface area contributed by atoms with Crippen LogP contribution in [0.4, 0.5) is 0 Å². The largest absolute Gasteiger partial charge is 0.389 e. The zero-order valence-electron chi connectivity index (χ0n) is 13.0. The fraction of sp³-hybridized carbons (Fsp3) is 0.632. The molecule has 2 heteroatoms. The standard InChI is InChI=1S/C19H24O2/c1-18-9-7-15-14-6-4-13(20)11-12(14)3-5-16(15)17(18)8-10-19(18,2)21/h7,9,11,16-17,21H,3-6,8,10H2,1-2H3/t16-,17-,18-,19+/m1/s1. The highest BCUT2D eigenvalue weighted by Gasteiger charge is 2.56. The fourth-order valence-electron chi connectivity index (χ4n) is 5.24. The first-order valence-electron chi connectivity index (χ1n) is 8.31. The minimum atomic E-state index is -0.580. The number of fused-ring (bicyclic) bond motifs is 4. The van der Waals surface area contributed by atoms with Crippen LogP contribution in [0.15, 0.2) is 34.9 Å². The Bertz CT molecular complexity index is 605. The van der Waals surface area contributed by atoms with Crippen molar-refractivity contribution < 1.29 is 9.90 Å². The second kappa shape index (κ2) is 4.19. The summed E-state index contributed by atoms with van der Waals surface area (Å²) in [6, 6.07) is 0. The lowest BCUT2D eigenvalue weighted by molar-refractivity contribution is -0.114. The van der Waals surface area contributed by atoms with Gasteiger partial charge in [-0.3, -0.25) is 4.79 Å². The Morgan fingerprint density at radius 3 is 2.81 bits per heavy atom. The second-order valence-electron chi connectivity index (χ2n) is 7.75. The maximum Gasteiger partial charge on any atom is 0.156 e. The molecule has 112 valence electrons. The van der Waals surface area contributed by atoms with Crippen LogP contribution in [0.2, 0.25) is 0 Å². The zero-order valence-corrected chi connectivity index (χ0v) is 13.0. The molecule has 0 unspecified atom stereocenters. The fourth-order valence-corrected chi connectivity index (χ4v) is 5.24. The molecule has 0 aromatic heterocycles. The molecule has 4 atom stereocenters. The monoisotopic (exact) mass is 284 g/mol. The van der Waals surface area contributed by atoms with Crippen LogP contribution < -0.4 is 0 Å². The van der Waals surface area contributed by atoms with E-state index in [-0.39, 0.29) is 5.41 Å². The van der Waals surface area contributed by atoms with Crippen LogP contribution in [0.3, 0.4) is 0 Å². The van der Waals surface area contributed by atoms with E-state index in [1.165, 1.54) is 16.7 Å². The predicted octanol–water partition coefficient (Wildman–Crippen LogP) is 3.72. The van der Waals surface area contributed by atoms with E-state index in [9.17, 15) is 9.90 Å². The number of rotatable bonds is 0. The van der Waals surface area contributed by atoms with E-state index in [2.05, 4.69) is 19.1 Å². The van der Waals surface area contributed by atoms with Crippen LogP contribution in [0, 0.1) is 17.3 Å². The molecular weight excluding hydrogens is 260 g/mol. The van der Waals surface area contributed by atoms with Gasteiger partial charge in [-0.15, -0.1) is 0 Å². The summed E-state index contributed by atoms with van der Waals surface area (Å²) in [7, 11) is 0. The highest BCUT2D eigenvalue weighted by molar-refractivity contribution is 5.93. The first-order valence-corrected chi connectivity index (χ1v) is 8.31. The van der Waals surface area contributed by atoms with Gasteiger partial charge in [0.1, 0.15) is 0 Å². The molecule has 0 amide bonds. The molecule has 0 saturated heterocycles. The lowest BCUT2D eigenvalue weighted by Gasteiger charge is -2.47. The normalized spacial score (nSPS) is 45.1. The first-order chi connectivity index (χ1) is 9.92. The number of ketones is 1. The zero-order chi connectivity index (χ0) is 14.8. The highest BCUT2D eigenvalue weighted by Crippen LogP contribution is 2.60. The van der Waals surface area contributed by atoms with E-state index in [4.69, 9.17) is 0 Å². The van der Waals surface area contributed by atoms with Gasteiger partial charge in [0.15, 0.2) is 5.78 Å². The van der Waals surface area contributed by atoms with Crippen LogP contribution >= 0.6 is 0 Å². The molecule has 4 rings (SSSR count). The summed E-state index contributed by atoms with van der Waals surface area (Å²) in [6.45, 7) is 4.24. The molecule has 0 radical (unpaired) electrons. The van der Waals surface area contributed by atoms with Crippen molar-refractivity contribution in [2.45, 2.75) is 58.0 Å². The van der Waals surface area contributed by atoms with Crippen molar-refractivity contribution in [2.75, 3.05) is 0 Å². The number of carbonyl (C=O) groups excluding carboxylic acids is 1. The van der Waals surface area contributed by atoms with Gasteiger partial charge in [0, 0.05) is 11.8 Å². The van der Waals surface area contributed by atoms with Gasteiger partial charge >= 0.3 is 0 Å². The van der Waals surface area contributed by atoms with E-state index in [0.717, 1.165) is 32.1 Å². The maximum atomic E-state index is 11.6. The molecule has 0 aromatic rings. The van der Waals surface area contributed by atoms with E-state index in [0.29, 0.717) is 24.0 Å². The van der Waals surface area contributed by atoms with Gasteiger partial charge < -0.3 is 5.11 Å². The second-order valence-corrected chi connectivity index (χ2v) is 7.75. The molecule has 1 saturated carbocycles. The average Bonchev–Trinajstić information content (AvgIpc) is 2.69. The smallest absolute Gasteiger partial charge is 0.156 e. The summed E-state index contributed by atoms with van der Waals surface area (Å²) in [6.07, 6.45) is 12.2. The maximum absolute atomic E-state index is 11.6. The van der Waals surface area contributed by atoms with Gasteiger partial charge in [-0.2, -0.15) is 0 Å². The van der Waals surface area contributed by atoms with Crippen molar-refractivity contribution in [3.63, 3.8) is 0 Å². The summed E-state index contributed by atoms with van der Waals surface area (Å²) in [5.41, 5.74) is 3.53. The first kappa shape index (κ1) is 13.5. The minimum absolute atomic E-state index is 0.0899. The Balaban J connectivity index is 1.83. The summed E-state index contributed by atoms with van der Waals surface area (Å²) >= 11 is 0. The topological polar surface area (TPSA) is 37.3 Å². The molecule has 21 heavy (non-hydrogen) atoms. The number of allylic oxidation sites excluding steroid dienone is 5. The Morgan fingerprint density at radius 1 is 1.19 bits per heavy atom. The quantitative estimate of drug-likeness (QED) is 0.736. The number of hydrogen-bond acceptors (Lipinski definition) is 2. The molecule has 2 nitrogen and oxygen atoms in total. The Hall–Kier alpha value is -1.15. The van der Waals surface area contributed by atoms with Crippen LogP contribution in [0.25, 0.3) is 0 Å². The third kappa shape index (κ3) is 1.72. The molecule has 0 aromatic carbocycles. The molecular formula is C19H24O2. The lowest BCUT2D eigenvalue weighted by Crippen LogP contribution is -2.45. The molecule has 4 aliphatic carbocycles. The molecule has 1 N–H and O–H groups in total. The van der Waals surface area contributed by atoms with Crippen molar-refractivity contribution in [2.24, 2.45) is 17.3 Å². The molecule has 0 bridgehead atoms. The summed E-state index contributed by atoms with van der Waals surface area (Å²) < 4.78 is 0. The van der Waals surface area contributed by atoms with E-state index in [1.807, 2.05) is 13.0 Å². The van der Waals surface area contributed by atoms with E-state index in [1.54, 1.807) is 0 Å². The molecule has 1 fully saturated rings. The Labute approximate surface area is 126 Å². The number of hydrogen-bond donors (Lipinski definition) is 1. The lowest BCUT2D eigenvalue weighted by atomic mass is 9.58. The van der Waals surface area contributed by atoms with Gasteiger partial charge in [-0.05, 0) is 73.7 Å². The van der Waals surface area contributed by atoms with Crippen LogP contribution in [0.5, 0.6) is 0 Å². The van der Waals surface area contributed by atoms with Gasteiger partial charge in [-0.25, -0.2) is 0 Å². The van der Waals surface area contributed by atoms with Gasteiger partial charge in [0.2, 0.25) is 0 Å². The van der Waals surface area contributed by atoms with Crippen molar-refractivity contribution in [3.05, 3.63) is 34.9 Å². The third-order valence-electron chi connectivity index (χ3n) is 6.78. The van der Waals surface area contributed by atoms with Crippen LogP contribution in [0.1, 0.15) is 52.4 Å². The molecule has 0 aliphatic heterocycles. The highest BCUT2D eigenvalue weighted by atomic mass is 16.3. The number of aliphatic hydroxyl groups is 1. The summed E-state index contributed by atoms with van der Waals surface area (Å²) in [5.74, 6) is 1.43. The van der Waals surface area contributed by atoms with Gasteiger partial charge in [0.25, 0.3) is 0 Å². The van der Waals surface area contributed by atoms with E-state index < -0.39 is 5.60 Å². The SMILES string of the molecule is C[C@]1(O)CC[C@@H]2[C@@H]3CCC4=CC(=O)CCC4=C3C=C[C@]21C. The van der Waals surface area contributed by atoms with Gasteiger partial charge in [0.05, 0.1) is 5.60 Å². The van der Waals surface area contributed by atoms with E-state index >= 15 is 0 Å². The van der Waals surface area contributed by atoms with Crippen LogP contribution in [-0.4, -0.2) is 16.5 Å². The molecule has 0 spiro atoms. The third-order valence-corrected chi connectivity index (χ3v) is 6.78. The Kier molecular flexibility index (Phi) is 2.70. The molecule has 4 aliphatic rings. The summed E-state index contributed by atoms with van der Waals surface area (Å²) in [4.78, 5) is 11.6. The summed E-state index contributed by atoms with van der Waals surface area (Å²) in [5, 5.41) is 10.8. The Morgan fingerprint density at radius 2 is 2.00 bits per heavy atom. The average molecular weight is 284 g/mol. The van der Waals surface area contributed by atoms with Crippen molar-refractivity contribution in [1.29, 1.82) is 0 Å². The van der Waals surface area contributed by atoms with Crippen LogP contribution in [-0.2, 0) is 4.79 Å². The predicted molar refractivity (Wildman–Crippen MR) is 82.7 cm³/mol. The molecule has 0 heterocycles. The number of carbonyl (C=O) groups is 1. The minimum Gasteiger partial charge on any atom is -0.389 e.